The van der Waals surface area contributed by atoms with Crippen molar-refractivity contribution in [2.45, 2.75) is 6.61 Å². The van der Waals surface area contributed by atoms with Gasteiger partial charge in [-0.15, -0.1) is 0 Å². The van der Waals surface area contributed by atoms with Crippen molar-refractivity contribution in [1.29, 1.82) is 5.26 Å². The Morgan fingerprint density at radius 2 is 1.78 bits per heavy atom. The molecular weight excluding hydrogens is 515 g/mol. The Morgan fingerprint density at radius 1 is 1.09 bits per heavy atom. The molecule has 0 saturated heterocycles. The van der Waals surface area contributed by atoms with Gasteiger partial charge in [0.05, 0.1) is 17.8 Å². The van der Waals surface area contributed by atoms with Crippen molar-refractivity contribution in [2.75, 3.05) is 12.4 Å². The van der Waals surface area contributed by atoms with Crippen molar-refractivity contribution in [2.24, 2.45) is 0 Å². The summed E-state index contributed by atoms with van der Waals surface area (Å²) in [6.07, 6.45) is 1.45. The van der Waals surface area contributed by atoms with Gasteiger partial charge in [-0.2, -0.15) is 5.26 Å². The molecule has 5 nitrogen and oxygen atoms in total. The van der Waals surface area contributed by atoms with Gasteiger partial charge >= 0.3 is 0 Å². The molecule has 3 rings (SSSR count). The Labute approximate surface area is 204 Å². The predicted molar refractivity (Wildman–Crippen MR) is 130 cm³/mol. The molecule has 3 aromatic rings. The van der Waals surface area contributed by atoms with E-state index >= 15 is 0 Å². The van der Waals surface area contributed by atoms with E-state index in [-0.39, 0.29) is 12.2 Å². The van der Waals surface area contributed by atoms with Crippen LogP contribution in [0.4, 0.5) is 5.69 Å². The molecule has 0 radical (unpaired) electrons. The summed E-state index contributed by atoms with van der Waals surface area (Å²) in [6, 6.07) is 19.5. The number of hydrogen-bond donors (Lipinski definition) is 1. The largest absolute Gasteiger partial charge is 0.493 e. The summed E-state index contributed by atoms with van der Waals surface area (Å²) < 4.78 is 11.9. The third kappa shape index (κ3) is 5.83. The minimum absolute atomic E-state index is 0.0996. The molecule has 0 fully saturated rings. The van der Waals surface area contributed by atoms with Crippen LogP contribution in [0.1, 0.15) is 11.1 Å². The highest BCUT2D eigenvalue weighted by atomic mass is 79.9. The van der Waals surface area contributed by atoms with E-state index in [1.807, 2.05) is 24.3 Å². The lowest BCUT2D eigenvalue weighted by Crippen LogP contribution is -2.13. The maximum Gasteiger partial charge on any atom is 0.266 e. The van der Waals surface area contributed by atoms with E-state index in [0.717, 1.165) is 5.56 Å². The van der Waals surface area contributed by atoms with Gasteiger partial charge in [0.15, 0.2) is 11.5 Å². The van der Waals surface area contributed by atoms with Crippen LogP contribution in [-0.4, -0.2) is 13.0 Å². The van der Waals surface area contributed by atoms with Crippen molar-refractivity contribution in [3.63, 3.8) is 0 Å². The van der Waals surface area contributed by atoms with Crippen LogP contribution < -0.4 is 14.8 Å². The number of methoxy groups -OCH3 is 1. The fraction of sp³-hybridized carbons (Fsp3) is 0.0833. The lowest BCUT2D eigenvalue weighted by Gasteiger charge is -2.14. The molecule has 0 aliphatic heterocycles. The first-order chi connectivity index (χ1) is 15.4. The summed E-state index contributed by atoms with van der Waals surface area (Å²) in [4.78, 5) is 12.6. The zero-order valence-electron chi connectivity index (χ0n) is 16.9. The molecule has 162 valence electrons. The van der Waals surface area contributed by atoms with Crippen molar-refractivity contribution in [1.82, 2.24) is 0 Å². The third-order valence-electron chi connectivity index (χ3n) is 4.41. The molecule has 0 saturated carbocycles. The SMILES string of the molecule is COc1cc(/C=C(\C#N)C(=O)Nc2ccccc2Cl)c(Br)cc1OCc1ccccc1Cl. The first-order valence-corrected chi connectivity index (χ1v) is 10.9. The van der Waals surface area contributed by atoms with Gasteiger partial charge in [-0.05, 0) is 42.0 Å². The van der Waals surface area contributed by atoms with E-state index in [9.17, 15) is 10.1 Å². The van der Waals surface area contributed by atoms with Crippen LogP contribution in [-0.2, 0) is 11.4 Å². The lowest BCUT2D eigenvalue weighted by molar-refractivity contribution is -0.112. The van der Waals surface area contributed by atoms with Gasteiger partial charge in [0.1, 0.15) is 18.2 Å². The zero-order valence-corrected chi connectivity index (χ0v) is 20.0. The average molecular weight is 532 g/mol. The van der Waals surface area contributed by atoms with Crippen LogP contribution >= 0.6 is 39.1 Å². The molecule has 0 spiro atoms. The number of anilines is 1. The zero-order chi connectivity index (χ0) is 23.1. The summed E-state index contributed by atoms with van der Waals surface area (Å²) in [5.41, 5.74) is 1.72. The van der Waals surface area contributed by atoms with E-state index in [1.165, 1.54) is 13.2 Å². The number of nitriles is 1. The quantitative estimate of drug-likeness (QED) is 0.266. The molecular formula is C24H17BrCl2N2O3. The van der Waals surface area contributed by atoms with E-state index in [4.69, 9.17) is 32.7 Å². The Kier molecular flexibility index (Phi) is 8.18. The van der Waals surface area contributed by atoms with E-state index in [0.29, 0.717) is 37.3 Å². The minimum atomic E-state index is -0.578. The van der Waals surface area contributed by atoms with Crippen LogP contribution in [0, 0.1) is 11.3 Å². The molecule has 3 aromatic carbocycles. The van der Waals surface area contributed by atoms with Crippen molar-refractivity contribution in [3.8, 4) is 17.6 Å². The van der Waals surface area contributed by atoms with Crippen LogP contribution in [0.2, 0.25) is 10.0 Å². The first kappa shape index (κ1) is 23.7. The molecule has 0 heterocycles. The van der Waals surface area contributed by atoms with Gasteiger partial charge in [0.25, 0.3) is 5.91 Å². The summed E-state index contributed by atoms with van der Waals surface area (Å²) >= 11 is 15.7. The molecule has 0 bridgehead atoms. The van der Waals surface area contributed by atoms with E-state index < -0.39 is 5.91 Å². The molecule has 0 aliphatic rings. The number of rotatable bonds is 7. The van der Waals surface area contributed by atoms with Gasteiger partial charge in [-0.3, -0.25) is 4.79 Å². The van der Waals surface area contributed by atoms with Gasteiger partial charge in [0, 0.05) is 15.1 Å². The second-order valence-corrected chi connectivity index (χ2v) is 8.18. The first-order valence-electron chi connectivity index (χ1n) is 9.34. The standard InChI is InChI=1S/C24H17BrCl2N2O3/c1-31-22-11-16(10-17(13-28)24(30)29-21-9-5-4-8-20(21)27)18(25)12-23(22)32-14-15-6-2-3-7-19(15)26/h2-12H,14H2,1H3,(H,29,30)/b17-10+. The normalized spacial score (nSPS) is 10.9. The fourth-order valence-electron chi connectivity index (χ4n) is 2.76. The van der Waals surface area contributed by atoms with Gasteiger partial charge in [0.2, 0.25) is 0 Å². The van der Waals surface area contributed by atoms with Crippen molar-refractivity contribution < 1.29 is 14.3 Å². The maximum absolute atomic E-state index is 12.6. The van der Waals surface area contributed by atoms with Crippen LogP contribution in [0.15, 0.2) is 70.7 Å². The number of halogens is 3. The number of benzene rings is 3. The molecule has 1 amide bonds. The number of amides is 1. The van der Waals surface area contributed by atoms with Gasteiger partial charge < -0.3 is 14.8 Å². The number of nitrogens with one attached hydrogen (secondary N) is 1. The molecule has 0 atom stereocenters. The number of carbonyl (C=O) groups excluding carboxylic acids is 1. The molecule has 8 heteroatoms. The molecule has 0 unspecified atom stereocenters. The Bertz CT molecular complexity index is 1220. The molecule has 32 heavy (non-hydrogen) atoms. The van der Waals surface area contributed by atoms with Crippen molar-refractivity contribution in [3.05, 3.63) is 91.9 Å². The van der Waals surface area contributed by atoms with Gasteiger partial charge in [-0.1, -0.05) is 69.5 Å². The number of ether oxygens (including phenoxy) is 2. The lowest BCUT2D eigenvalue weighted by atomic mass is 10.1. The van der Waals surface area contributed by atoms with Crippen LogP contribution in [0.5, 0.6) is 11.5 Å². The number of hydrogen-bond acceptors (Lipinski definition) is 4. The smallest absolute Gasteiger partial charge is 0.266 e. The molecule has 0 aromatic heterocycles. The maximum atomic E-state index is 12.6. The second kappa shape index (κ2) is 11.1. The van der Waals surface area contributed by atoms with E-state index in [1.54, 1.807) is 42.5 Å². The minimum Gasteiger partial charge on any atom is -0.493 e. The fourth-order valence-corrected chi connectivity index (χ4v) is 3.57. The Balaban J connectivity index is 1.84. The monoisotopic (exact) mass is 530 g/mol. The highest BCUT2D eigenvalue weighted by Gasteiger charge is 2.15. The summed E-state index contributed by atoms with van der Waals surface area (Å²) in [5.74, 6) is 0.344. The average Bonchev–Trinajstić information content (AvgIpc) is 2.79. The van der Waals surface area contributed by atoms with Crippen LogP contribution in [0.25, 0.3) is 6.08 Å². The highest BCUT2D eigenvalue weighted by Crippen LogP contribution is 2.35. The molecule has 1 N–H and O–H groups in total. The summed E-state index contributed by atoms with van der Waals surface area (Å²) in [6.45, 7) is 0.251. The Morgan fingerprint density at radius 3 is 2.44 bits per heavy atom. The second-order valence-electron chi connectivity index (χ2n) is 6.51. The van der Waals surface area contributed by atoms with Crippen molar-refractivity contribution >= 4 is 56.8 Å². The summed E-state index contributed by atoms with van der Waals surface area (Å²) in [7, 11) is 1.51. The van der Waals surface area contributed by atoms with Gasteiger partial charge in [-0.25, -0.2) is 0 Å². The van der Waals surface area contributed by atoms with E-state index in [2.05, 4.69) is 21.2 Å². The van der Waals surface area contributed by atoms with Crippen LogP contribution in [0.3, 0.4) is 0 Å². The third-order valence-corrected chi connectivity index (χ3v) is 5.80. The highest BCUT2D eigenvalue weighted by molar-refractivity contribution is 9.10. The topological polar surface area (TPSA) is 71.3 Å². The number of para-hydroxylation sites is 1. The predicted octanol–water partition coefficient (Wildman–Crippen LogP) is 6.89. The Hall–Kier alpha value is -2.98. The number of nitrogens with zero attached hydrogens (tertiary/aromatic N) is 1. The molecule has 0 aliphatic carbocycles. The summed E-state index contributed by atoms with van der Waals surface area (Å²) in [5, 5.41) is 13.1. The number of carbonyl (C=O) groups is 1.